The van der Waals surface area contributed by atoms with Gasteiger partial charge in [-0.25, -0.2) is 0 Å². The fourth-order valence-corrected chi connectivity index (χ4v) is 6.83. The van der Waals surface area contributed by atoms with Crippen molar-refractivity contribution in [2.45, 2.75) is 128 Å². The van der Waals surface area contributed by atoms with Crippen LogP contribution in [0, 0.1) is 11.8 Å². The maximum absolute atomic E-state index is 2.42. The lowest BCUT2D eigenvalue weighted by atomic mass is 9.76. The summed E-state index contributed by atoms with van der Waals surface area (Å²) < 4.78 is 0. The van der Waals surface area contributed by atoms with Gasteiger partial charge in [0.25, 0.3) is 0 Å². The van der Waals surface area contributed by atoms with E-state index in [0.29, 0.717) is 0 Å². The summed E-state index contributed by atoms with van der Waals surface area (Å²) in [4.78, 5) is 0. The van der Waals surface area contributed by atoms with Crippen molar-refractivity contribution in [1.82, 2.24) is 0 Å². The molecule has 0 spiro atoms. The van der Waals surface area contributed by atoms with E-state index in [4.69, 9.17) is 0 Å². The average Bonchev–Trinajstić information content (AvgIpc) is 2.90. The third kappa shape index (κ3) is 7.22. The third-order valence-electron chi connectivity index (χ3n) is 9.22. The lowest BCUT2D eigenvalue weighted by Gasteiger charge is -2.29. The molecule has 34 heavy (non-hydrogen) atoms. The van der Waals surface area contributed by atoms with Crippen LogP contribution in [0.3, 0.4) is 0 Å². The molecule has 186 valence electrons. The second-order valence-electron chi connectivity index (χ2n) is 11.7. The third-order valence-corrected chi connectivity index (χ3v) is 9.22. The van der Waals surface area contributed by atoms with Gasteiger partial charge in [0, 0.05) is 0 Å². The summed E-state index contributed by atoms with van der Waals surface area (Å²) in [5.41, 5.74) is 5.90. The van der Waals surface area contributed by atoms with Gasteiger partial charge in [-0.3, -0.25) is 0 Å². The van der Waals surface area contributed by atoms with Crippen LogP contribution >= 0.6 is 0 Å². The Bertz CT molecular complexity index is 727. The van der Waals surface area contributed by atoms with Crippen LogP contribution < -0.4 is 0 Å². The lowest BCUT2D eigenvalue weighted by molar-refractivity contribution is 0.303. The highest BCUT2D eigenvalue weighted by molar-refractivity contribution is 5.64. The van der Waals surface area contributed by atoms with Crippen molar-refractivity contribution >= 4 is 0 Å². The van der Waals surface area contributed by atoms with Crippen molar-refractivity contribution in [3.63, 3.8) is 0 Å². The highest BCUT2D eigenvalue weighted by Gasteiger charge is 2.23. The fraction of sp³-hybridized carbons (Fsp3) is 0.647. The van der Waals surface area contributed by atoms with E-state index in [1.165, 1.54) is 114 Å². The Balaban J connectivity index is 1.25. The van der Waals surface area contributed by atoms with Crippen molar-refractivity contribution in [3.05, 3.63) is 59.7 Å². The van der Waals surface area contributed by atoms with E-state index in [1.54, 1.807) is 11.1 Å². The van der Waals surface area contributed by atoms with Gasteiger partial charge < -0.3 is 0 Å². The molecule has 0 saturated heterocycles. The molecule has 0 aromatic heterocycles. The molecule has 0 heteroatoms. The highest BCUT2D eigenvalue weighted by atomic mass is 14.3. The van der Waals surface area contributed by atoms with E-state index in [1.807, 2.05) is 0 Å². The maximum Gasteiger partial charge on any atom is -0.0162 e. The molecule has 2 fully saturated rings. The van der Waals surface area contributed by atoms with Crippen LogP contribution in [-0.2, 0) is 0 Å². The molecule has 4 rings (SSSR count). The van der Waals surface area contributed by atoms with Crippen LogP contribution in [0.25, 0.3) is 11.1 Å². The first kappa shape index (κ1) is 25.5. The average molecular weight is 459 g/mol. The molecule has 2 aromatic rings. The van der Waals surface area contributed by atoms with E-state index >= 15 is 0 Å². The smallest absolute Gasteiger partial charge is 0.0162 e. The molecule has 2 aliphatic rings. The van der Waals surface area contributed by atoms with Gasteiger partial charge in [0.2, 0.25) is 0 Å². The van der Waals surface area contributed by atoms with Gasteiger partial charge in [0.05, 0.1) is 0 Å². The molecule has 0 bridgehead atoms. The topological polar surface area (TPSA) is 0 Å². The molecule has 0 heterocycles. The zero-order chi connectivity index (χ0) is 23.6. The van der Waals surface area contributed by atoms with Crippen molar-refractivity contribution in [2.24, 2.45) is 11.8 Å². The second-order valence-corrected chi connectivity index (χ2v) is 11.7. The summed E-state index contributed by atoms with van der Waals surface area (Å²) in [6.07, 6.45) is 22.7. The molecule has 0 aliphatic heterocycles. The molecule has 0 nitrogen and oxygen atoms in total. The Hall–Kier alpha value is -1.56. The SMILES string of the molecule is CCCCC[C@H]1CC[C@H](c2ccc(-c3ccc([C@H]4CC[C@H](CCCCC)CC4)cc3)cc2)CC1. The molecule has 2 aromatic carbocycles. The largest absolute Gasteiger partial charge is 0.0654 e. The van der Waals surface area contributed by atoms with Crippen LogP contribution in [-0.4, -0.2) is 0 Å². The molecule has 0 unspecified atom stereocenters. The minimum absolute atomic E-state index is 0.788. The highest BCUT2D eigenvalue weighted by Crippen LogP contribution is 2.40. The molecular formula is C34H50. The van der Waals surface area contributed by atoms with Gasteiger partial charge >= 0.3 is 0 Å². The standard InChI is InChI=1S/C34H50/c1-3-5-7-9-27-11-15-29(16-12-27)31-19-23-33(24-20-31)34-25-21-32(22-26-34)30-17-13-28(14-18-30)10-8-6-4-2/h19-30H,3-18H2,1-2H3/t27-,28-,29-,30-. The van der Waals surface area contributed by atoms with Crippen molar-refractivity contribution in [2.75, 3.05) is 0 Å². The summed E-state index contributed by atoms with van der Waals surface area (Å²) in [6.45, 7) is 4.63. The fourth-order valence-electron chi connectivity index (χ4n) is 6.83. The minimum Gasteiger partial charge on any atom is -0.0654 e. The molecule has 2 saturated carbocycles. The van der Waals surface area contributed by atoms with Crippen molar-refractivity contribution in [1.29, 1.82) is 0 Å². The number of rotatable bonds is 11. The van der Waals surface area contributed by atoms with Crippen LogP contribution in [0.4, 0.5) is 0 Å². The summed E-state index contributed by atoms with van der Waals surface area (Å²) in [7, 11) is 0. The molecule has 2 aliphatic carbocycles. The minimum atomic E-state index is 0.788. The normalized spacial score (nSPS) is 25.4. The Morgan fingerprint density at radius 2 is 0.824 bits per heavy atom. The van der Waals surface area contributed by atoms with Gasteiger partial charge in [-0.15, -0.1) is 0 Å². The lowest BCUT2D eigenvalue weighted by Crippen LogP contribution is -2.13. The van der Waals surface area contributed by atoms with Crippen LogP contribution in [0.15, 0.2) is 48.5 Å². The first-order valence-corrected chi connectivity index (χ1v) is 15.0. The van der Waals surface area contributed by atoms with E-state index in [-0.39, 0.29) is 0 Å². The molecule has 0 atom stereocenters. The Labute approximate surface area is 211 Å². The van der Waals surface area contributed by atoms with Gasteiger partial charge in [-0.05, 0) is 97.3 Å². The Morgan fingerprint density at radius 3 is 1.15 bits per heavy atom. The van der Waals surface area contributed by atoms with E-state index < -0.39 is 0 Å². The monoisotopic (exact) mass is 458 g/mol. The molecular weight excluding hydrogens is 408 g/mol. The van der Waals surface area contributed by atoms with Gasteiger partial charge in [-0.1, -0.05) is 114 Å². The van der Waals surface area contributed by atoms with E-state index in [0.717, 1.165) is 23.7 Å². The summed E-state index contributed by atoms with van der Waals surface area (Å²) in [5, 5.41) is 0. The number of hydrogen-bond acceptors (Lipinski definition) is 0. The van der Waals surface area contributed by atoms with Crippen molar-refractivity contribution < 1.29 is 0 Å². The predicted molar refractivity (Wildman–Crippen MR) is 150 cm³/mol. The van der Waals surface area contributed by atoms with Crippen molar-refractivity contribution in [3.8, 4) is 11.1 Å². The number of benzene rings is 2. The maximum atomic E-state index is 2.42. The second kappa shape index (κ2) is 13.5. The first-order chi connectivity index (χ1) is 16.8. The predicted octanol–water partition coefficient (Wildman–Crippen LogP) is 11.1. The van der Waals surface area contributed by atoms with E-state index in [9.17, 15) is 0 Å². The summed E-state index contributed by atoms with van der Waals surface area (Å²) in [6, 6.07) is 19.2. The number of hydrogen-bond donors (Lipinski definition) is 0. The molecule has 0 amide bonds. The van der Waals surface area contributed by atoms with Gasteiger partial charge in [0.1, 0.15) is 0 Å². The molecule has 0 radical (unpaired) electrons. The van der Waals surface area contributed by atoms with E-state index in [2.05, 4.69) is 62.4 Å². The quantitative estimate of drug-likeness (QED) is 0.294. The zero-order valence-corrected chi connectivity index (χ0v) is 22.2. The first-order valence-electron chi connectivity index (χ1n) is 15.0. The zero-order valence-electron chi connectivity index (χ0n) is 22.2. The van der Waals surface area contributed by atoms with Crippen LogP contribution in [0.2, 0.25) is 0 Å². The van der Waals surface area contributed by atoms with Gasteiger partial charge in [-0.2, -0.15) is 0 Å². The van der Waals surface area contributed by atoms with Crippen LogP contribution in [0.1, 0.15) is 140 Å². The Morgan fingerprint density at radius 1 is 0.471 bits per heavy atom. The van der Waals surface area contributed by atoms with Gasteiger partial charge in [0.15, 0.2) is 0 Å². The van der Waals surface area contributed by atoms with Crippen LogP contribution in [0.5, 0.6) is 0 Å². The summed E-state index contributed by atoms with van der Waals surface area (Å²) in [5.74, 6) is 3.57. The molecule has 0 N–H and O–H groups in total. The Kier molecular flexibility index (Phi) is 10.1. The summed E-state index contributed by atoms with van der Waals surface area (Å²) >= 11 is 0. The number of unbranched alkanes of at least 4 members (excludes halogenated alkanes) is 4.